The van der Waals surface area contributed by atoms with E-state index in [1.165, 1.54) is 5.56 Å². The van der Waals surface area contributed by atoms with Crippen molar-refractivity contribution in [3.63, 3.8) is 0 Å². The summed E-state index contributed by atoms with van der Waals surface area (Å²) in [5, 5.41) is 2.71. The van der Waals surface area contributed by atoms with Crippen molar-refractivity contribution >= 4 is 18.4 Å². The van der Waals surface area contributed by atoms with Crippen LogP contribution in [0.4, 0.5) is 9.18 Å². The van der Waals surface area contributed by atoms with Gasteiger partial charge in [-0.2, -0.15) is 0 Å². The van der Waals surface area contributed by atoms with Crippen LogP contribution in [0.5, 0.6) is 0 Å². The number of urea groups is 1. The molecule has 0 aromatic heterocycles. The normalized spacial score (nSPS) is 19.8. The van der Waals surface area contributed by atoms with E-state index >= 15 is 0 Å². The summed E-state index contributed by atoms with van der Waals surface area (Å²) in [4.78, 5) is 16.2. The number of amides is 2. The summed E-state index contributed by atoms with van der Waals surface area (Å²) in [6.45, 7) is 7.69. The van der Waals surface area contributed by atoms with Crippen LogP contribution in [-0.4, -0.2) is 48.6 Å². The fraction of sp³-hybridized carbons (Fsp3) is 0.611. The molecule has 24 heavy (non-hydrogen) atoms. The summed E-state index contributed by atoms with van der Waals surface area (Å²) in [7, 11) is 1.67. The quantitative estimate of drug-likeness (QED) is 0.840. The molecule has 2 aliphatic rings. The van der Waals surface area contributed by atoms with Crippen molar-refractivity contribution in [2.45, 2.75) is 44.7 Å². The molecule has 1 spiro atoms. The van der Waals surface area contributed by atoms with E-state index < -0.39 is 0 Å². The van der Waals surface area contributed by atoms with Gasteiger partial charge in [0.05, 0.1) is 0 Å². The Kier molecular flexibility index (Phi) is 5.76. The molecule has 1 N–H and O–H groups in total. The SMILES string of the molecule is CNC(=O)N1CCC2(CC1)CN(C(C)C)Cc1cc(F)ccc12.Cl. The number of halogens is 2. The molecule has 4 nitrogen and oxygen atoms in total. The number of benzene rings is 1. The second-order valence-corrected chi connectivity index (χ2v) is 7.12. The number of hydrogen-bond donors (Lipinski definition) is 1. The first-order valence-electron chi connectivity index (χ1n) is 8.45. The zero-order valence-corrected chi connectivity index (χ0v) is 15.5. The number of fused-ring (bicyclic) bond motifs is 2. The van der Waals surface area contributed by atoms with Crippen LogP contribution in [0.3, 0.4) is 0 Å². The molecule has 2 amide bonds. The van der Waals surface area contributed by atoms with Crippen molar-refractivity contribution in [2.75, 3.05) is 26.7 Å². The van der Waals surface area contributed by atoms with Crippen LogP contribution in [-0.2, 0) is 12.0 Å². The fourth-order valence-corrected chi connectivity index (χ4v) is 4.05. The molecule has 2 heterocycles. The molecule has 1 aromatic rings. The van der Waals surface area contributed by atoms with Gasteiger partial charge in [0, 0.05) is 44.7 Å². The Bertz CT molecular complexity index is 600. The zero-order valence-electron chi connectivity index (χ0n) is 14.6. The van der Waals surface area contributed by atoms with Crippen LogP contribution >= 0.6 is 12.4 Å². The Morgan fingerprint density at radius 3 is 2.54 bits per heavy atom. The number of piperidine rings is 1. The van der Waals surface area contributed by atoms with Crippen LogP contribution in [0.15, 0.2) is 18.2 Å². The smallest absolute Gasteiger partial charge is 0.317 e. The van der Waals surface area contributed by atoms with Gasteiger partial charge in [-0.1, -0.05) is 6.07 Å². The monoisotopic (exact) mass is 355 g/mol. The Balaban J connectivity index is 0.00000208. The van der Waals surface area contributed by atoms with Crippen LogP contribution in [0.25, 0.3) is 0 Å². The predicted octanol–water partition coefficient (Wildman–Crippen LogP) is 3.14. The van der Waals surface area contributed by atoms with Crippen molar-refractivity contribution in [1.82, 2.24) is 15.1 Å². The van der Waals surface area contributed by atoms with Gasteiger partial charge in [-0.05, 0) is 49.9 Å². The third kappa shape index (κ3) is 3.38. The van der Waals surface area contributed by atoms with Gasteiger partial charge in [-0.25, -0.2) is 9.18 Å². The number of hydrogen-bond acceptors (Lipinski definition) is 2. The molecule has 134 valence electrons. The average molecular weight is 356 g/mol. The molecular formula is C18H27ClFN3O. The molecule has 0 unspecified atom stereocenters. The first-order chi connectivity index (χ1) is 10.9. The summed E-state index contributed by atoms with van der Waals surface area (Å²) in [5.74, 6) is -0.160. The highest BCUT2D eigenvalue weighted by Gasteiger charge is 2.43. The van der Waals surface area contributed by atoms with E-state index in [1.807, 2.05) is 11.0 Å². The van der Waals surface area contributed by atoms with E-state index in [0.717, 1.165) is 44.6 Å². The summed E-state index contributed by atoms with van der Waals surface area (Å²) >= 11 is 0. The maximum absolute atomic E-state index is 13.7. The molecule has 0 aliphatic carbocycles. The third-order valence-electron chi connectivity index (χ3n) is 5.47. The van der Waals surface area contributed by atoms with Gasteiger partial charge in [0.2, 0.25) is 0 Å². The van der Waals surface area contributed by atoms with Gasteiger partial charge in [-0.15, -0.1) is 12.4 Å². The molecule has 1 aromatic carbocycles. The lowest BCUT2D eigenvalue weighted by Crippen LogP contribution is -2.55. The van der Waals surface area contributed by atoms with E-state index in [-0.39, 0.29) is 29.7 Å². The minimum absolute atomic E-state index is 0. The summed E-state index contributed by atoms with van der Waals surface area (Å²) in [6, 6.07) is 5.67. The summed E-state index contributed by atoms with van der Waals surface area (Å²) < 4.78 is 13.7. The number of nitrogens with zero attached hydrogens (tertiary/aromatic N) is 2. The van der Waals surface area contributed by atoms with Gasteiger partial charge < -0.3 is 10.2 Å². The van der Waals surface area contributed by atoms with Crippen LogP contribution in [0, 0.1) is 5.82 Å². The Morgan fingerprint density at radius 1 is 1.29 bits per heavy atom. The average Bonchev–Trinajstić information content (AvgIpc) is 2.54. The molecule has 0 atom stereocenters. The predicted molar refractivity (Wildman–Crippen MR) is 96.1 cm³/mol. The first-order valence-corrected chi connectivity index (χ1v) is 8.45. The highest BCUT2D eigenvalue weighted by atomic mass is 35.5. The second-order valence-electron chi connectivity index (χ2n) is 7.12. The number of likely N-dealkylation sites (tertiary alicyclic amines) is 1. The van der Waals surface area contributed by atoms with Crippen LogP contribution in [0.1, 0.15) is 37.8 Å². The van der Waals surface area contributed by atoms with Gasteiger partial charge in [0.15, 0.2) is 0 Å². The minimum Gasteiger partial charge on any atom is -0.341 e. The van der Waals surface area contributed by atoms with Crippen molar-refractivity contribution in [3.05, 3.63) is 35.1 Å². The van der Waals surface area contributed by atoms with Gasteiger partial charge in [0.1, 0.15) is 5.82 Å². The molecule has 0 radical (unpaired) electrons. The lowest BCUT2D eigenvalue weighted by atomic mass is 9.68. The van der Waals surface area contributed by atoms with Gasteiger partial charge in [0.25, 0.3) is 0 Å². The standard InChI is InChI=1S/C18H26FN3O.ClH/c1-13(2)22-11-14-10-15(19)4-5-16(14)18(12-22)6-8-21(9-7-18)17(23)20-3;/h4-5,10,13H,6-9,11-12H2,1-3H3,(H,20,23);1H. The van der Waals surface area contributed by atoms with Crippen molar-refractivity contribution in [1.29, 1.82) is 0 Å². The van der Waals surface area contributed by atoms with Crippen LogP contribution < -0.4 is 5.32 Å². The fourth-order valence-electron chi connectivity index (χ4n) is 4.05. The van der Waals surface area contributed by atoms with E-state index in [4.69, 9.17) is 0 Å². The molecule has 0 bridgehead atoms. The Hall–Kier alpha value is -1.33. The molecular weight excluding hydrogens is 329 g/mol. The maximum Gasteiger partial charge on any atom is 0.317 e. The topological polar surface area (TPSA) is 35.6 Å². The number of carbonyl (C=O) groups excluding carboxylic acids is 1. The van der Waals surface area contributed by atoms with E-state index in [9.17, 15) is 9.18 Å². The lowest BCUT2D eigenvalue weighted by molar-refractivity contribution is 0.0902. The zero-order chi connectivity index (χ0) is 16.6. The Labute approximate surface area is 149 Å². The van der Waals surface area contributed by atoms with Crippen molar-refractivity contribution < 1.29 is 9.18 Å². The highest BCUT2D eigenvalue weighted by Crippen LogP contribution is 2.42. The molecule has 3 rings (SSSR count). The molecule has 6 heteroatoms. The summed E-state index contributed by atoms with van der Waals surface area (Å²) in [5.41, 5.74) is 2.43. The largest absolute Gasteiger partial charge is 0.341 e. The maximum atomic E-state index is 13.7. The van der Waals surface area contributed by atoms with Crippen molar-refractivity contribution in [3.8, 4) is 0 Å². The summed E-state index contributed by atoms with van der Waals surface area (Å²) in [6.07, 6.45) is 1.87. The number of nitrogens with one attached hydrogen (secondary N) is 1. The highest BCUT2D eigenvalue weighted by molar-refractivity contribution is 5.85. The van der Waals surface area contributed by atoms with E-state index in [2.05, 4.69) is 24.1 Å². The Morgan fingerprint density at radius 2 is 1.96 bits per heavy atom. The van der Waals surface area contributed by atoms with E-state index in [0.29, 0.717) is 6.04 Å². The first kappa shape index (κ1) is 19.0. The minimum atomic E-state index is -0.160. The molecule has 2 aliphatic heterocycles. The second kappa shape index (κ2) is 7.28. The lowest BCUT2D eigenvalue weighted by Gasteiger charge is -2.49. The van der Waals surface area contributed by atoms with Gasteiger partial charge in [-0.3, -0.25) is 4.90 Å². The molecule has 0 saturated carbocycles. The van der Waals surface area contributed by atoms with Crippen molar-refractivity contribution in [2.24, 2.45) is 0 Å². The number of carbonyl (C=O) groups is 1. The van der Waals surface area contributed by atoms with Gasteiger partial charge >= 0.3 is 6.03 Å². The molecule has 1 fully saturated rings. The van der Waals surface area contributed by atoms with Crippen LogP contribution in [0.2, 0.25) is 0 Å². The number of rotatable bonds is 1. The third-order valence-corrected chi connectivity index (χ3v) is 5.47. The molecule has 1 saturated heterocycles. The van der Waals surface area contributed by atoms with E-state index in [1.54, 1.807) is 19.2 Å².